The van der Waals surface area contributed by atoms with Gasteiger partial charge < -0.3 is 10.6 Å². The monoisotopic (exact) mass is 329 g/mol. The van der Waals surface area contributed by atoms with Crippen LogP contribution in [0.3, 0.4) is 0 Å². The lowest BCUT2D eigenvalue weighted by molar-refractivity contribution is 0.567. The minimum absolute atomic E-state index is 0.170. The fraction of sp³-hybridized carbons (Fsp3) is 0.500. The van der Waals surface area contributed by atoms with Crippen LogP contribution in [0.2, 0.25) is 5.02 Å². The van der Waals surface area contributed by atoms with E-state index in [-0.39, 0.29) is 11.7 Å². The van der Waals surface area contributed by atoms with Gasteiger partial charge in [-0.2, -0.15) is 0 Å². The van der Waals surface area contributed by atoms with E-state index in [9.17, 15) is 8.42 Å². The Kier molecular flexibility index (Phi) is 5.47. The Morgan fingerprint density at radius 3 is 2.62 bits per heavy atom. The number of hydrogen-bond donors (Lipinski definition) is 2. The summed E-state index contributed by atoms with van der Waals surface area (Å²) in [6, 6.07) is 7.59. The quantitative estimate of drug-likeness (QED) is 0.648. The number of halogens is 1. The number of sulfone groups is 1. The highest BCUT2D eigenvalue weighted by Crippen LogP contribution is 2.17. The first kappa shape index (κ1) is 16.1. The van der Waals surface area contributed by atoms with Crippen molar-refractivity contribution in [2.75, 3.05) is 25.1 Å². The second kappa shape index (κ2) is 7.13. The molecule has 0 aliphatic carbocycles. The average Bonchev–Trinajstić information content (AvgIpc) is 2.80. The molecule has 0 saturated carbocycles. The van der Waals surface area contributed by atoms with Crippen LogP contribution in [0.1, 0.15) is 12.0 Å². The molecule has 1 aliphatic rings. The standard InChI is InChI=1S/C14H20ClN3O2S/c1-16-14(17-8-11-2-4-13(15)5-3-11)18-9-12-6-7-21(19,20)10-12/h2-5,12H,6-10H2,1H3,(H2,16,17,18). The summed E-state index contributed by atoms with van der Waals surface area (Å²) in [6.45, 7) is 1.26. The number of benzene rings is 1. The minimum Gasteiger partial charge on any atom is -0.356 e. The van der Waals surface area contributed by atoms with Crippen molar-refractivity contribution in [3.63, 3.8) is 0 Å². The van der Waals surface area contributed by atoms with Gasteiger partial charge in [0, 0.05) is 25.2 Å². The lowest BCUT2D eigenvalue weighted by atomic mass is 10.1. The molecule has 7 heteroatoms. The molecule has 5 nitrogen and oxygen atoms in total. The first-order valence-electron chi connectivity index (χ1n) is 6.88. The van der Waals surface area contributed by atoms with Crippen LogP contribution >= 0.6 is 11.6 Å². The summed E-state index contributed by atoms with van der Waals surface area (Å²) in [5.41, 5.74) is 1.10. The Labute approximate surface area is 130 Å². The normalized spacial score (nSPS) is 21.2. The van der Waals surface area contributed by atoms with Gasteiger partial charge in [0.1, 0.15) is 0 Å². The molecular weight excluding hydrogens is 310 g/mol. The highest BCUT2D eigenvalue weighted by atomic mass is 35.5. The van der Waals surface area contributed by atoms with Crippen molar-refractivity contribution >= 4 is 27.4 Å². The maximum atomic E-state index is 11.4. The van der Waals surface area contributed by atoms with Crippen molar-refractivity contribution in [2.24, 2.45) is 10.9 Å². The van der Waals surface area contributed by atoms with E-state index in [1.54, 1.807) is 7.05 Å². The maximum Gasteiger partial charge on any atom is 0.191 e. The van der Waals surface area contributed by atoms with E-state index in [2.05, 4.69) is 15.6 Å². The molecular formula is C14H20ClN3O2S. The summed E-state index contributed by atoms with van der Waals surface area (Å²) >= 11 is 5.84. The van der Waals surface area contributed by atoms with Gasteiger partial charge in [0.15, 0.2) is 15.8 Å². The number of rotatable bonds is 4. The van der Waals surface area contributed by atoms with Gasteiger partial charge in [-0.05, 0) is 30.0 Å². The number of guanidine groups is 1. The molecule has 2 rings (SSSR count). The predicted molar refractivity (Wildman–Crippen MR) is 86.4 cm³/mol. The molecule has 2 N–H and O–H groups in total. The molecule has 1 aromatic rings. The van der Waals surface area contributed by atoms with Crippen molar-refractivity contribution in [1.29, 1.82) is 0 Å². The van der Waals surface area contributed by atoms with Crippen molar-refractivity contribution < 1.29 is 8.42 Å². The van der Waals surface area contributed by atoms with Gasteiger partial charge >= 0.3 is 0 Å². The lowest BCUT2D eigenvalue weighted by Gasteiger charge is -2.14. The third-order valence-electron chi connectivity index (χ3n) is 3.48. The fourth-order valence-electron chi connectivity index (χ4n) is 2.28. The minimum atomic E-state index is -2.82. The van der Waals surface area contributed by atoms with Crippen molar-refractivity contribution in [3.8, 4) is 0 Å². The fourth-order valence-corrected chi connectivity index (χ4v) is 4.27. The van der Waals surface area contributed by atoms with E-state index in [0.29, 0.717) is 29.8 Å². The van der Waals surface area contributed by atoms with E-state index in [1.807, 2.05) is 24.3 Å². The summed E-state index contributed by atoms with van der Waals surface area (Å²) < 4.78 is 22.8. The third-order valence-corrected chi connectivity index (χ3v) is 5.57. The molecule has 21 heavy (non-hydrogen) atoms. The zero-order valence-corrected chi connectivity index (χ0v) is 13.5. The molecule has 1 unspecified atom stereocenters. The molecule has 1 heterocycles. The van der Waals surface area contributed by atoms with E-state index in [0.717, 1.165) is 12.0 Å². The molecule has 1 atom stereocenters. The molecule has 0 radical (unpaired) electrons. The van der Waals surface area contributed by atoms with Crippen LogP contribution < -0.4 is 10.6 Å². The Morgan fingerprint density at radius 1 is 1.33 bits per heavy atom. The molecule has 0 aromatic heterocycles. The van der Waals surface area contributed by atoms with Gasteiger partial charge in [0.25, 0.3) is 0 Å². The Balaban J connectivity index is 1.77. The van der Waals surface area contributed by atoms with Crippen LogP contribution in [0.4, 0.5) is 0 Å². The number of hydrogen-bond acceptors (Lipinski definition) is 3. The molecule has 1 saturated heterocycles. The summed E-state index contributed by atoms with van der Waals surface area (Å²) in [5, 5.41) is 7.09. The van der Waals surface area contributed by atoms with Crippen LogP contribution in [0.15, 0.2) is 29.3 Å². The number of nitrogens with one attached hydrogen (secondary N) is 2. The van der Waals surface area contributed by atoms with E-state index in [4.69, 9.17) is 11.6 Å². The van der Waals surface area contributed by atoms with Gasteiger partial charge in [-0.25, -0.2) is 8.42 Å². The molecule has 1 aliphatic heterocycles. The topological polar surface area (TPSA) is 70.6 Å². The average molecular weight is 330 g/mol. The van der Waals surface area contributed by atoms with Crippen LogP contribution in [0.25, 0.3) is 0 Å². The van der Waals surface area contributed by atoms with Crippen LogP contribution in [-0.2, 0) is 16.4 Å². The Hall–Kier alpha value is -1.27. The van der Waals surface area contributed by atoms with Gasteiger partial charge in [0.05, 0.1) is 11.5 Å². The maximum absolute atomic E-state index is 11.4. The van der Waals surface area contributed by atoms with Gasteiger partial charge in [-0.1, -0.05) is 23.7 Å². The van der Waals surface area contributed by atoms with E-state index < -0.39 is 9.84 Å². The van der Waals surface area contributed by atoms with Crippen molar-refractivity contribution in [3.05, 3.63) is 34.9 Å². The second-order valence-corrected chi connectivity index (χ2v) is 7.87. The zero-order chi connectivity index (χ0) is 15.3. The Bertz CT molecular complexity index is 599. The largest absolute Gasteiger partial charge is 0.356 e. The zero-order valence-electron chi connectivity index (χ0n) is 12.0. The summed E-state index contributed by atoms with van der Waals surface area (Å²) in [6.07, 6.45) is 0.726. The van der Waals surface area contributed by atoms with Gasteiger partial charge in [-0.15, -0.1) is 0 Å². The summed E-state index contributed by atoms with van der Waals surface area (Å²) in [7, 11) is -1.13. The number of aliphatic imine (C=N–C) groups is 1. The lowest BCUT2D eigenvalue weighted by Crippen LogP contribution is -2.39. The Morgan fingerprint density at radius 2 is 2.05 bits per heavy atom. The van der Waals surface area contributed by atoms with Crippen LogP contribution in [-0.4, -0.2) is 39.5 Å². The molecule has 1 aromatic carbocycles. The van der Waals surface area contributed by atoms with Crippen molar-refractivity contribution in [1.82, 2.24) is 10.6 Å². The second-order valence-electron chi connectivity index (χ2n) is 5.20. The highest BCUT2D eigenvalue weighted by molar-refractivity contribution is 7.91. The van der Waals surface area contributed by atoms with Crippen molar-refractivity contribution in [2.45, 2.75) is 13.0 Å². The molecule has 0 spiro atoms. The third kappa shape index (κ3) is 5.21. The summed E-state index contributed by atoms with van der Waals surface area (Å²) in [5.74, 6) is 1.42. The number of nitrogens with zero attached hydrogens (tertiary/aromatic N) is 1. The first-order chi connectivity index (χ1) is 9.98. The van der Waals surface area contributed by atoms with Gasteiger partial charge in [0.2, 0.25) is 0 Å². The smallest absolute Gasteiger partial charge is 0.191 e. The molecule has 0 bridgehead atoms. The first-order valence-corrected chi connectivity index (χ1v) is 9.08. The molecule has 116 valence electrons. The summed E-state index contributed by atoms with van der Waals surface area (Å²) in [4.78, 5) is 4.14. The van der Waals surface area contributed by atoms with E-state index in [1.165, 1.54) is 0 Å². The highest BCUT2D eigenvalue weighted by Gasteiger charge is 2.27. The SMILES string of the molecule is CN=C(NCc1ccc(Cl)cc1)NCC1CCS(=O)(=O)C1. The van der Waals surface area contributed by atoms with Gasteiger partial charge in [-0.3, -0.25) is 4.99 Å². The van der Waals surface area contributed by atoms with E-state index >= 15 is 0 Å². The molecule has 0 amide bonds. The van der Waals surface area contributed by atoms with Crippen LogP contribution in [0.5, 0.6) is 0 Å². The van der Waals surface area contributed by atoms with Crippen LogP contribution in [0, 0.1) is 5.92 Å². The predicted octanol–water partition coefficient (Wildman–Crippen LogP) is 1.44. The molecule has 1 fully saturated rings.